The summed E-state index contributed by atoms with van der Waals surface area (Å²) in [5.41, 5.74) is 8.96. The molecular formula is C24H37N5O4. The number of hydrogen-bond donors (Lipinski definition) is 2. The number of likely N-dealkylation sites (N-methyl/N-ethyl adjacent to an activating group) is 1. The number of hydrogen-bond acceptors (Lipinski definition) is 8. The van der Waals surface area contributed by atoms with Gasteiger partial charge in [0, 0.05) is 32.5 Å². The number of pyridine rings is 1. The van der Waals surface area contributed by atoms with Crippen LogP contribution in [0.4, 0.5) is 4.79 Å². The van der Waals surface area contributed by atoms with E-state index < -0.39 is 6.09 Å². The number of carbonyl (C=O) groups excluding carboxylic acids is 1. The largest absolute Gasteiger partial charge is 0.489 e. The minimum Gasteiger partial charge on any atom is -0.489 e. The molecule has 182 valence electrons. The van der Waals surface area contributed by atoms with Crippen LogP contribution in [0.2, 0.25) is 0 Å². The Kier molecular flexibility index (Phi) is 7.60. The molecule has 2 saturated carbocycles. The first kappa shape index (κ1) is 23.6. The molecule has 2 aliphatic carbocycles. The van der Waals surface area contributed by atoms with E-state index >= 15 is 0 Å². The van der Waals surface area contributed by atoms with Crippen molar-refractivity contribution in [3.8, 4) is 5.75 Å². The van der Waals surface area contributed by atoms with E-state index in [-0.39, 0.29) is 12.7 Å². The topological polar surface area (TPSA) is 116 Å². The van der Waals surface area contributed by atoms with Crippen molar-refractivity contribution < 1.29 is 19.0 Å². The Morgan fingerprint density at radius 1 is 1.15 bits per heavy atom. The monoisotopic (exact) mass is 459 g/mol. The van der Waals surface area contributed by atoms with Gasteiger partial charge in [0.2, 0.25) is 0 Å². The molecule has 3 fully saturated rings. The van der Waals surface area contributed by atoms with Crippen molar-refractivity contribution in [1.82, 2.24) is 14.9 Å². The molecule has 9 nitrogen and oxygen atoms in total. The number of hydrazine groups is 1. The second-order valence-electron chi connectivity index (χ2n) is 9.54. The summed E-state index contributed by atoms with van der Waals surface area (Å²) < 4.78 is 17.0. The van der Waals surface area contributed by atoms with E-state index in [0.29, 0.717) is 48.7 Å². The van der Waals surface area contributed by atoms with Crippen molar-refractivity contribution in [2.75, 3.05) is 40.5 Å². The second-order valence-corrected chi connectivity index (χ2v) is 9.54. The number of carbonyl (C=O) groups is 1. The maximum absolute atomic E-state index is 12.4. The summed E-state index contributed by atoms with van der Waals surface area (Å²) in [6.45, 7) is 1.91. The lowest BCUT2D eigenvalue weighted by atomic mass is 9.98. The van der Waals surface area contributed by atoms with Crippen molar-refractivity contribution in [2.45, 2.75) is 57.0 Å². The van der Waals surface area contributed by atoms with Gasteiger partial charge in [-0.25, -0.2) is 15.6 Å². The molecule has 2 heterocycles. The van der Waals surface area contributed by atoms with E-state index in [1.54, 1.807) is 19.0 Å². The Bertz CT molecular complexity index is 860. The van der Waals surface area contributed by atoms with Crippen LogP contribution in [0.3, 0.4) is 0 Å². The Balaban J connectivity index is 1.46. The average Bonchev–Trinajstić information content (AvgIpc) is 3.62. The van der Waals surface area contributed by atoms with Crippen LogP contribution in [0.5, 0.6) is 5.75 Å². The van der Waals surface area contributed by atoms with E-state index in [1.165, 1.54) is 24.3 Å². The van der Waals surface area contributed by atoms with Crippen molar-refractivity contribution in [3.63, 3.8) is 0 Å². The Morgan fingerprint density at radius 2 is 1.88 bits per heavy atom. The van der Waals surface area contributed by atoms with Gasteiger partial charge in [0.05, 0.1) is 42.1 Å². The molecule has 1 aromatic heterocycles. The smallest absolute Gasteiger partial charge is 0.409 e. The molecule has 4 N–H and O–H groups in total. The molecule has 1 saturated heterocycles. The molecule has 4 rings (SSSR count). The quantitative estimate of drug-likeness (QED) is 0.428. The van der Waals surface area contributed by atoms with Crippen LogP contribution in [0.15, 0.2) is 17.8 Å². The molecule has 0 radical (unpaired) electrons. The van der Waals surface area contributed by atoms with Crippen LogP contribution in [0.25, 0.3) is 5.70 Å². The molecule has 0 spiro atoms. The zero-order valence-electron chi connectivity index (χ0n) is 19.8. The zero-order valence-corrected chi connectivity index (χ0v) is 19.8. The molecule has 0 bridgehead atoms. The highest BCUT2D eigenvalue weighted by Gasteiger charge is 2.30. The highest BCUT2D eigenvalue weighted by atomic mass is 16.6. The van der Waals surface area contributed by atoms with Crippen LogP contribution < -0.4 is 16.3 Å². The first-order valence-corrected chi connectivity index (χ1v) is 12.0. The van der Waals surface area contributed by atoms with Gasteiger partial charge in [-0.3, -0.25) is 0 Å². The van der Waals surface area contributed by atoms with Crippen LogP contribution in [-0.2, 0) is 9.47 Å². The lowest BCUT2D eigenvalue weighted by Gasteiger charge is -2.30. The third kappa shape index (κ3) is 6.09. The van der Waals surface area contributed by atoms with Crippen LogP contribution in [0, 0.1) is 5.92 Å². The van der Waals surface area contributed by atoms with E-state index in [1.807, 2.05) is 12.1 Å². The summed E-state index contributed by atoms with van der Waals surface area (Å²) in [5, 5.41) is 1.38. The van der Waals surface area contributed by atoms with E-state index in [0.717, 1.165) is 37.1 Å². The molecule has 0 aromatic carbocycles. The summed E-state index contributed by atoms with van der Waals surface area (Å²) >= 11 is 0. The fourth-order valence-electron chi connectivity index (χ4n) is 4.33. The molecule has 1 amide bonds. The molecule has 1 aliphatic heterocycles. The molecule has 0 atom stereocenters. The number of nitrogens with zero attached hydrogens (tertiary/aromatic N) is 3. The molecule has 33 heavy (non-hydrogen) atoms. The summed E-state index contributed by atoms with van der Waals surface area (Å²) in [4.78, 5) is 18.8. The molecule has 0 unspecified atom stereocenters. The van der Waals surface area contributed by atoms with Crippen LogP contribution in [-0.4, -0.2) is 67.6 Å². The third-order valence-corrected chi connectivity index (χ3v) is 6.59. The summed E-state index contributed by atoms with van der Waals surface area (Å²) in [6, 6.07) is 3.85. The number of ether oxygens (including phenoxy) is 3. The fourth-order valence-corrected chi connectivity index (χ4v) is 4.33. The normalized spacial score (nSPS) is 20.0. The standard InChI is InChI=1S/C24H37N5O4/c1-28(12-16-13-31-14-16)24(30)32-15-20(29(2)26)22(25)19-10-11-21(23(27-19)17-8-9-17)33-18-6-4-3-5-7-18/h10-11,16-18H,3-9,12-15,25-26H2,1-2H3/b22-20-. The summed E-state index contributed by atoms with van der Waals surface area (Å²) in [6.07, 6.45) is 8.01. The average molecular weight is 460 g/mol. The lowest BCUT2D eigenvalue weighted by Crippen LogP contribution is -2.41. The van der Waals surface area contributed by atoms with E-state index in [9.17, 15) is 4.79 Å². The van der Waals surface area contributed by atoms with Gasteiger partial charge in [-0.1, -0.05) is 6.42 Å². The van der Waals surface area contributed by atoms with Gasteiger partial charge in [0.25, 0.3) is 0 Å². The zero-order chi connectivity index (χ0) is 23.4. The summed E-state index contributed by atoms with van der Waals surface area (Å²) in [5.74, 6) is 7.68. The van der Waals surface area contributed by atoms with Crippen LogP contribution >= 0.6 is 0 Å². The Labute approximate surface area is 196 Å². The molecule has 3 aliphatic rings. The lowest BCUT2D eigenvalue weighted by molar-refractivity contribution is -0.0426. The highest BCUT2D eigenvalue weighted by molar-refractivity contribution is 5.68. The van der Waals surface area contributed by atoms with Gasteiger partial charge < -0.3 is 29.9 Å². The first-order chi connectivity index (χ1) is 15.9. The van der Waals surface area contributed by atoms with Crippen LogP contribution in [0.1, 0.15) is 62.3 Å². The van der Waals surface area contributed by atoms with Gasteiger partial charge in [0.1, 0.15) is 12.4 Å². The number of amides is 1. The fraction of sp³-hybridized carbons (Fsp3) is 0.667. The molecule has 1 aromatic rings. The molecular weight excluding hydrogens is 422 g/mol. The Morgan fingerprint density at radius 3 is 2.48 bits per heavy atom. The van der Waals surface area contributed by atoms with Crippen molar-refractivity contribution in [2.24, 2.45) is 17.5 Å². The van der Waals surface area contributed by atoms with Gasteiger partial charge in [-0.05, 0) is 50.7 Å². The first-order valence-electron chi connectivity index (χ1n) is 12.0. The van der Waals surface area contributed by atoms with Gasteiger partial charge in [0.15, 0.2) is 0 Å². The van der Waals surface area contributed by atoms with Crippen molar-refractivity contribution in [1.29, 1.82) is 0 Å². The maximum atomic E-state index is 12.4. The molecule has 9 heteroatoms. The van der Waals surface area contributed by atoms with E-state index in [4.69, 9.17) is 30.8 Å². The van der Waals surface area contributed by atoms with Gasteiger partial charge in [-0.2, -0.15) is 0 Å². The predicted molar refractivity (Wildman–Crippen MR) is 125 cm³/mol. The van der Waals surface area contributed by atoms with E-state index in [2.05, 4.69) is 0 Å². The minimum absolute atomic E-state index is 0.0378. The minimum atomic E-state index is -0.420. The SMILES string of the molecule is CN(CC1COC1)C(=O)OC/C(=C(/N)c1ccc(OC2CCCCC2)c(C2CC2)n1)N(C)N. The van der Waals surface area contributed by atoms with Crippen molar-refractivity contribution >= 4 is 11.8 Å². The Hall–Kier alpha value is -2.52. The van der Waals surface area contributed by atoms with Gasteiger partial charge in [-0.15, -0.1) is 0 Å². The number of nitrogens with two attached hydrogens (primary N) is 2. The number of rotatable bonds is 9. The summed E-state index contributed by atoms with van der Waals surface area (Å²) in [7, 11) is 3.39. The van der Waals surface area contributed by atoms with Crippen molar-refractivity contribution in [3.05, 3.63) is 29.2 Å². The van der Waals surface area contributed by atoms with Gasteiger partial charge >= 0.3 is 6.09 Å². The predicted octanol–water partition coefficient (Wildman–Crippen LogP) is 2.82. The number of aromatic nitrogens is 1. The highest BCUT2D eigenvalue weighted by Crippen LogP contribution is 2.44. The second kappa shape index (κ2) is 10.6. The maximum Gasteiger partial charge on any atom is 0.409 e. The third-order valence-electron chi connectivity index (χ3n) is 6.59.